The SMILES string of the molecule is Cc1c2c(cc3c1ccc1ccccc13)Oc1cc(CC(C)C)cc3nc[n+](C)c-2c13. The third kappa shape index (κ3) is 2.66. The highest BCUT2D eigenvalue weighted by atomic mass is 16.5. The molecule has 0 saturated carbocycles. The van der Waals surface area contributed by atoms with E-state index in [9.17, 15) is 0 Å². The lowest BCUT2D eigenvalue weighted by Crippen LogP contribution is -2.32. The van der Waals surface area contributed by atoms with Gasteiger partial charge >= 0.3 is 0 Å². The first-order valence-corrected chi connectivity index (χ1v) is 11.0. The number of rotatable bonds is 2. The molecular weight excluding hydrogens is 380 g/mol. The molecule has 31 heavy (non-hydrogen) atoms. The van der Waals surface area contributed by atoms with E-state index in [-0.39, 0.29) is 0 Å². The molecule has 0 unspecified atom stereocenters. The summed E-state index contributed by atoms with van der Waals surface area (Å²) in [6, 6.07) is 19.7. The van der Waals surface area contributed by atoms with Gasteiger partial charge in [-0.3, -0.25) is 0 Å². The van der Waals surface area contributed by atoms with Gasteiger partial charge in [-0.15, -0.1) is 0 Å². The second-order valence-corrected chi connectivity index (χ2v) is 9.15. The number of fused-ring (bicyclic) bond motifs is 5. The van der Waals surface area contributed by atoms with Crippen LogP contribution in [0.3, 0.4) is 0 Å². The van der Waals surface area contributed by atoms with Crippen molar-refractivity contribution in [2.75, 3.05) is 0 Å². The van der Waals surface area contributed by atoms with E-state index in [0.717, 1.165) is 28.8 Å². The highest BCUT2D eigenvalue weighted by Crippen LogP contribution is 2.49. The van der Waals surface area contributed by atoms with Crippen molar-refractivity contribution >= 4 is 32.4 Å². The summed E-state index contributed by atoms with van der Waals surface area (Å²) >= 11 is 0. The van der Waals surface area contributed by atoms with Crippen LogP contribution in [0.5, 0.6) is 11.5 Å². The smallest absolute Gasteiger partial charge is 0.287 e. The normalized spacial score (nSPS) is 12.5. The van der Waals surface area contributed by atoms with Gasteiger partial charge in [0.05, 0.1) is 12.6 Å². The Morgan fingerprint density at radius 2 is 1.77 bits per heavy atom. The van der Waals surface area contributed by atoms with Gasteiger partial charge in [0.2, 0.25) is 0 Å². The van der Waals surface area contributed by atoms with Crippen LogP contribution in [0.25, 0.3) is 43.7 Å². The van der Waals surface area contributed by atoms with Crippen LogP contribution in [0.4, 0.5) is 0 Å². The Bertz CT molecular complexity index is 1530. The summed E-state index contributed by atoms with van der Waals surface area (Å²) in [4.78, 5) is 4.74. The highest BCUT2D eigenvalue weighted by molar-refractivity contribution is 6.12. The van der Waals surface area contributed by atoms with Crippen molar-refractivity contribution in [1.29, 1.82) is 0 Å². The molecule has 0 atom stereocenters. The fraction of sp³-hybridized carbons (Fsp3) is 0.214. The maximum absolute atomic E-state index is 6.61. The molecule has 4 aromatic carbocycles. The fourth-order valence-electron chi connectivity index (χ4n) is 5.14. The summed E-state index contributed by atoms with van der Waals surface area (Å²) in [7, 11) is 2.08. The first-order valence-electron chi connectivity index (χ1n) is 11.0. The zero-order valence-electron chi connectivity index (χ0n) is 18.4. The summed E-state index contributed by atoms with van der Waals surface area (Å²) in [6.45, 7) is 6.70. The summed E-state index contributed by atoms with van der Waals surface area (Å²) in [5, 5.41) is 6.13. The van der Waals surface area contributed by atoms with Crippen LogP contribution in [-0.4, -0.2) is 4.98 Å². The lowest BCUT2D eigenvalue weighted by atomic mass is 9.90. The first kappa shape index (κ1) is 18.3. The lowest BCUT2D eigenvalue weighted by Gasteiger charge is -2.23. The van der Waals surface area contributed by atoms with E-state index in [0.29, 0.717) is 5.92 Å². The van der Waals surface area contributed by atoms with Crippen molar-refractivity contribution < 1.29 is 9.30 Å². The first-order chi connectivity index (χ1) is 15.0. The third-order valence-corrected chi connectivity index (χ3v) is 6.47. The minimum Gasteiger partial charge on any atom is -0.456 e. The number of aromatic nitrogens is 2. The second-order valence-electron chi connectivity index (χ2n) is 9.15. The number of aryl methyl sites for hydroxylation is 2. The largest absolute Gasteiger partial charge is 0.456 e. The molecule has 0 aliphatic carbocycles. The Labute approximate surface area is 181 Å². The van der Waals surface area contributed by atoms with Gasteiger partial charge < -0.3 is 4.74 Å². The van der Waals surface area contributed by atoms with E-state index in [2.05, 4.69) is 87.0 Å². The van der Waals surface area contributed by atoms with Crippen molar-refractivity contribution in [3.63, 3.8) is 0 Å². The molecule has 0 fully saturated rings. The molecule has 0 saturated heterocycles. The Hall–Kier alpha value is -3.46. The van der Waals surface area contributed by atoms with E-state index in [1.165, 1.54) is 43.9 Å². The van der Waals surface area contributed by atoms with Crippen molar-refractivity contribution in [1.82, 2.24) is 4.98 Å². The molecular formula is C28H25N2O+. The zero-order valence-corrected chi connectivity index (χ0v) is 18.4. The quantitative estimate of drug-likeness (QED) is 0.238. The monoisotopic (exact) mass is 405 g/mol. The Balaban J connectivity index is 1.72. The van der Waals surface area contributed by atoms with Crippen LogP contribution < -0.4 is 9.30 Å². The number of nitrogens with zero attached hydrogens (tertiary/aromatic N) is 2. The van der Waals surface area contributed by atoms with Gasteiger partial charge in [-0.1, -0.05) is 50.2 Å². The molecule has 0 spiro atoms. The summed E-state index contributed by atoms with van der Waals surface area (Å²) in [6.07, 6.45) is 2.94. The molecule has 0 radical (unpaired) electrons. The summed E-state index contributed by atoms with van der Waals surface area (Å²) in [5.41, 5.74) is 5.88. The van der Waals surface area contributed by atoms with Gasteiger partial charge in [0.15, 0.2) is 11.2 Å². The predicted molar refractivity (Wildman–Crippen MR) is 127 cm³/mol. The Kier molecular flexibility index (Phi) is 3.85. The molecule has 6 rings (SSSR count). The van der Waals surface area contributed by atoms with E-state index >= 15 is 0 Å². The van der Waals surface area contributed by atoms with Crippen LogP contribution in [0, 0.1) is 12.8 Å². The summed E-state index contributed by atoms with van der Waals surface area (Å²) in [5.74, 6) is 2.43. The minimum atomic E-state index is 0.581. The number of hydrogen-bond donors (Lipinski definition) is 0. The average Bonchev–Trinajstić information content (AvgIpc) is 2.75. The van der Waals surface area contributed by atoms with Gasteiger partial charge in [-0.05, 0) is 75.1 Å². The van der Waals surface area contributed by atoms with Crippen LogP contribution in [0.2, 0.25) is 0 Å². The van der Waals surface area contributed by atoms with Crippen LogP contribution >= 0.6 is 0 Å². The summed E-state index contributed by atoms with van der Waals surface area (Å²) < 4.78 is 8.75. The predicted octanol–water partition coefficient (Wildman–Crippen LogP) is 6.65. The van der Waals surface area contributed by atoms with Gasteiger partial charge in [-0.25, -0.2) is 4.57 Å². The van der Waals surface area contributed by atoms with E-state index in [1.807, 2.05) is 6.33 Å². The molecule has 1 aliphatic heterocycles. The topological polar surface area (TPSA) is 26.0 Å². The molecule has 3 nitrogen and oxygen atoms in total. The number of hydrogen-bond acceptors (Lipinski definition) is 2. The van der Waals surface area contributed by atoms with Gasteiger partial charge in [-0.2, -0.15) is 0 Å². The molecule has 5 aromatic rings. The van der Waals surface area contributed by atoms with Crippen molar-refractivity contribution in [2.45, 2.75) is 27.2 Å². The van der Waals surface area contributed by atoms with Crippen molar-refractivity contribution in [2.24, 2.45) is 13.0 Å². The number of ether oxygens (including phenoxy) is 1. The maximum Gasteiger partial charge on any atom is 0.287 e. The van der Waals surface area contributed by atoms with Gasteiger partial charge in [0.25, 0.3) is 6.33 Å². The maximum atomic E-state index is 6.61. The fourth-order valence-corrected chi connectivity index (χ4v) is 5.14. The van der Waals surface area contributed by atoms with Gasteiger partial charge in [0.1, 0.15) is 16.9 Å². The highest BCUT2D eigenvalue weighted by Gasteiger charge is 2.30. The number of benzene rings is 4. The standard InChI is InChI=1S/C28H25N2O/c1-16(2)11-18-12-23-27-24(13-18)31-25-14-22-20(10-9-19-7-5-6-8-21(19)22)17(3)26(25)28(27)30(4)15-29-23/h5-10,12-16H,11H2,1-4H3/q+1. The molecule has 3 heteroatoms. The van der Waals surface area contributed by atoms with Crippen LogP contribution in [-0.2, 0) is 13.5 Å². The van der Waals surface area contributed by atoms with E-state index in [4.69, 9.17) is 9.72 Å². The molecule has 2 heterocycles. The molecule has 1 aromatic heterocycles. The lowest BCUT2D eigenvalue weighted by molar-refractivity contribution is -0.662. The second kappa shape index (κ2) is 6.52. The molecule has 152 valence electrons. The Morgan fingerprint density at radius 1 is 0.935 bits per heavy atom. The van der Waals surface area contributed by atoms with Crippen molar-refractivity contribution in [3.8, 4) is 22.8 Å². The van der Waals surface area contributed by atoms with Gasteiger partial charge in [0, 0.05) is 0 Å². The van der Waals surface area contributed by atoms with Crippen LogP contribution in [0.15, 0.2) is 60.9 Å². The van der Waals surface area contributed by atoms with E-state index < -0.39 is 0 Å². The zero-order chi connectivity index (χ0) is 21.3. The average molecular weight is 406 g/mol. The van der Waals surface area contributed by atoms with Crippen LogP contribution in [0.1, 0.15) is 25.0 Å². The molecule has 0 N–H and O–H groups in total. The molecule has 0 bridgehead atoms. The third-order valence-electron chi connectivity index (χ3n) is 6.47. The molecule has 1 aliphatic rings. The molecule has 0 amide bonds. The minimum absolute atomic E-state index is 0.581. The van der Waals surface area contributed by atoms with Crippen molar-refractivity contribution in [3.05, 3.63) is 72.1 Å². The van der Waals surface area contributed by atoms with E-state index in [1.54, 1.807) is 0 Å². The Morgan fingerprint density at radius 3 is 2.61 bits per heavy atom.